The zero-order valence-corrected chi connectivity index (χ0v) is 9.88. The molecule has 92 valence electrons. The summed E-state index contributed by atoms with van der Waals surface area (Å²) in [4.78, 5) is 24.3. The van der Waals surface area contributed by atoms with Crippen molar-refractivity contribution in [1.82, 2.24) is 20.9 Å². The fourth-order valence-electron chi connectivity index (χ4n) is 1.83. The lowest BCUT2D eigenvalue weighted by atomic mass is 10.1. The van der Waals surface area contributed by atoms with Gasteiger partial charge in [-0.05, 0) is 33.0 Å². The van der Waals surface area contributed by atoms with Crippen LogP contribution in [0.25, 0.3) is 0 Å². The first-order valence-corrected chi connectivity index (χ1v) is 5.56. The third-order valence-electron chi connectivity index (χ3n) is 2.81. The van der Waals surface area contributed by atoms with Crippen LogP contribution in [0.15, 0.2) is 0 Å². The quantitative estimate of drug-likeness (QED) is 0.587. The maximum Gasteiger partial charge on any atom is 0.321 e. The molecule has 3 amide bonds. The molecule has 1 fully saturated rings. The second kappa shape index (κ2) is 6.44. The van der Waals surface area contributed by atoms with Gasteiger partial charge in [-0.25, -0.2) is 4.79 Å². The Morgan fingerprint density at radius 2 is 2.00 bits per heavy atom. The summed E-state index contributed by atoms with van der Waals surface area (Å²) in [6, 6.07) is -0.0274. The molecule has 0 radical (unpaired) electrons. The number of likely N-dealkylation sites (N-methyl/N-ethyl adjacent to an activating group) is 1. The average molecular weight is 228 g/mol. The van der Waals surface area contributed by atoms with E-state index in [1.165, 1.54) is 7.05 Å². The molecular weight excluding hydrogens is 208 g/mol. The van der Waals surface area contributed by atoms with E-state index >= 15 is 0 Å². The van der Waals surface area contributed by atoms with Gasteiger partial charge in [-0.2, -0.15) is 0 Å². The van der Waals surface area contributed by atoms with Crippen LogP contribution >= 0.6 is 0 Å². The van der Waals surface area contributed by atoms with Crippen LogP contribution in [0.2, 0.25) is 0 Å². The van der Waals surface area contributed by atoms with Crippen molar-refractivity contribution in [2.75, 3.05) is 33.7 Å². The summed E-state index contributed by atoms with van der Waals surface area (Å²) >= 11 is 0. The number of rotatable bonds is 3. The van der Waals surface area contributed by atoms with Crippen LogP contribution < -0.4 is 16.0 Å². The first kappa shape index (κ1) is 12.9. The van der Waals surface area contributed by atoms with Crippen LogP contribution in [0.1, 0.15) is 12.8 Å². The number of hydrogen-bond donors (Lipinski definition) is 3. The number of carbonyl (C=O) groups excluding carboxylic acids is 2. The minimum Gasteiger partial charge on any atom is -0.341 e. The standard InChI is InChI=1S/C10H20N4O2/c1-11-10(16)13-9(15)7-14(2)8-3-5-12-6-4-8/h8,12H,3-7H2,1-2H3,(H2,11,13,15,16). The van der Waals surface area contributed by atoms with E-state index in [4.69, 9.17) is 0 Å². The van der Waals surface area contributed by atoms with Crippen molar-refractivity contribution < 1.29 is 9.59 Å². The van der Waals surface area contributed by atoms with E-state index in [1.807, 2.05) is 11.9 Å². The van der Waals surface area contributed by atoms with Crippen molar-refractivity contribution in [2.45, 2.75) is 18.9 Å². The van der Waals surface area contributed by atoms with Crippen LogP contribution in [0, 0.1) is 0 Å². The zero-order valence-electron chi connectivity index (χ0n) is 9.88. The second-order valence-corrected chi connectivity index (χ2v) is 4.02. The van der Waals surface area contributed by atoms with Gasteiger partial charge in [0.25, 0.3) is 0 Å². The summed E-state index contributed by atoms with van der Waals surface area (Å²) in [6.07, 6.45) is 2.09. The molecule has 0 saturated carbocycles. The molecule has 16 heavy (non-hydrogen) atoms. The lowest BCUT2D eigenvalue weighted by molar-refractivity contribution is -0.121. The molecule has 0 bridgehead atoms. The van der Waals surface area contributed by atoms with Gasteiger partial charge in [0, 0.05) is 13.1 Å². The van der Waals surface area contributed by atoms with Gasteiger partial charge < -0.3 is 10.6 Å². The molecule has 0 atom stereocenters. The van der Waals surface area contributed by atoms with Crippen LogP contribution in [0.5, 0.6) is 0 Å². The summed E-state index contributed by atoms with van der Waals surface area (Å²) in [5, 5.41) is 7.88. The third-order valence-corrected chi connectivity index (χ3v) is 2.81. The Balaban J connectivity index is 2.29. The first-order valence-electron chi connectivity index (χ1n) is 5.56. The smallest absolute Gasteiger partial charge is 0.321 e. The van der Waals surface area contributed by atoms with Gasteiger partial charge in [-0.3, -0.25) is 15.0 Å². The Hall–Kier alpha value is -1.14. The number of hydrogen-bond acceptors (Lipinski definition) is 4. The lowest BCUT2D eigenvalue weighted by Crippen LogP contribution is -2.47. The van der Waals surface area contributed by atoms with E-state index in [9.17, 15) is 9.59 Å². The maximum absolute atomic E-state index is 11.4. The third kappa shape index (κ3) is 4.16. The highest BCUT2D eigenvalue weighted by Crippen LogP contribution is 2.08. The molecule has 1 rings (SSSR count). The van der Waals surface area contributed by atoms with Crippen molar-refractivity contribution in [3.63, 3.8) is 0 Å². The van der Waals surface area contributed by atoms with E-state index in [-0.39, 0.29) is 12.5 Å². The SMILES string of the molecule is CNC(=O)NC(=O)CN(C)C1CCNCC1. The number of nitrogens with one attached hydrogen (secondary N) is 3. The van der Waals surface area contributed by atoms with Crippen LogP contribution in [-0.4, -0.2) is 56.6 Å². The second-order valence-electron chi connectivity index (χ2n) is 4.02. The van der Waals surface area contributed by atoms with Crippen LogP contribution in [0.3, 0.4) is 0 Å². The molecular formula is C10H20N4O2. The zero-order chi connectivity index (χ0) is 12.0. The van der Waals surface area contributed by atoms with Crippen molar-refractivity contribution >= 4 is 11.9 Å². The van der Waals surface area contributed by atoms with Gasteiger partial charge in [0.2, 0.25) is 5.91 Å². The molecule has 6 heteroatoms. The molecule has 1 aliphatic heterocycles. The summed E-state index contributed by atoms with van der Waals surface area (Å²) in [5.41, 5.74) is 0. The Bertz CT molecular complexity index is 251. The predicted octanol–water partition coefficient (Wildman–Crippen LogP) is -0.874. The van der Waals surface area contributed by atoms with Crippen molar-refractivity contribution in [3.05, 3.63) is 0 Å². The Morgan fingerprint density at radius 1 is 1.38 bits per heavy atom. The summed E-state index contributed by atoms with van der Waals surface area (Å²) in [7, 11) is 3.40. The molecule has 0 unspecified atom stereocenters. The fourth-order valence-corrected chi connectivity index (χ4v) is 1.83. The molecule has 0 spiro atoms. The van der Waals surface area contributed by atoms with Gasteiger partial charge in [-0.1, -0.05) is 0 Å². The predicted molar refractivity (Wildman–Crippen MR) is 61.1 cm³/mol. The maximum atomic E-state index is 11.4. The van der Waals surface area contributed by atoms with Crippen LogP contribution in [0.4, 0.5) is 4.79 Å². The monoisotopic (exact) mass is 228 g/mol. The largest absolute Gasteiger partial charge is 0.341 e. The Labute approximate surface area is 95.8 Å². The number of urea groups is 1. The topological polar surface area (TPSA) is 73.5 Å². The highest BCUT2D eigenvalue weighted by molar-refractivity contribution is 5.95. The highest BCUT2D eigenvalue weighted by Gasteiger charge is 2.19. The number of carbonyl (C=O) groups is 2. The van der Waals surface area contributed by atoms with Gasteiger partial charge in [-0.15, -0.1) is 0 Å². The van der Waals surface area contributed by atoms with Crippen molar-refractivity contribution in [2.24, 2.45) is 0 Å². The Kier molecular flexibility index (Phi) is 5.21. The van der Waals surface area contributed by atoms with Crippen molar-refractivity contribution in [1.29, 1.82) is 0 Å². The number of piperidine rings is 1. The molecule has 0 aromatic carbocycles. The van der Waals surface area contributed by atoms with E-state index in [1.54, 1.807) is 0 Å². The van der Waals surface area contributed by atoms with E-state index in [0.29, 0.717) is 6.04 Å². The minimum atomic E-state index is -0.455. The first-order chi connectivity index (χ1) is 7.63. The molecule has 1 saturated heterocycles. The highest BCUT2D eigenvalue weighted by atomic mass is 16.2. The van der Waals surface area contributed by atoms with Gasteiger partial charge >= 0.3 is 6.03 Å². The Morgan fingerprint density at radius 3 is 2.56 bits per heavy atom. The van der Waals surface area contributed by atoms with E-state index in [0.717, 1.165) is 25.9 Å². The van der Waals surface area contributed by atoms with E-state index < -0.39 is 6.03 Å². The van der Waals surface area contributed by atoms with E-state index in [2.05, 4.69) is 16.0 Å². The van der Waals surface area contributed by atoms with Gasteiger partial charge in [0.05, 0.1) is 6.54 Å². The van der Waals surface area contributed by atoms with Crippen LogP contribution in [-0.2, 0) is 4.79 Å². The molecule has 1 aliphatic rings. The minimum absolute atomic E-state index is 0.262. The molecule has 0 aromatic rings. The molecule has 6 nitrogen and oxygen atoms in total. The van der Waals surface area contributed by atoms with Gasteiger partial charge in [0.1, 0.15) is 0 Å². The van der Waals surface area contributed by atoms with Gasteiger partial charge in [0.15, 0.2) is 0 Å². The number of amides is 3. The normalized spacial score (nSPS) is 17.2. The summed E-state index contributed by atoms with van der Waals surface area (Å²) in [5.74, 6) is -0.264. The molecule has 1 heterocycles. The molecule has 0 aromatic heterocycles. The molecule has 3 N–H and O–H groups in total. The lowest BCUT2D eigenvalue weighted by Gasteiger charge is -2.30. The number of imide groups is 1. The average Bonchev–Trinajstić information content (AvgIpc) is 2.29. The summed E-state index contributed by atoms with van der Waals surface area (Å²) < 4.78 is 0. The van der Waals surface area contributed by atoms with Crippen molar-refractivity contribution in [3.8, 4) is 0 Å². The number of nitrogens with zero attached hydrogens (tertiary/aromatic N) is 1. The molecule has 0 aliphatic carbocycles. The fraction of sp³-hybridized carbons (Fsp3) is 0.800. The summed E-state index contributed by atoms with van der Waals surface area (Å²) in [6.45, 7) is 2.25.